The molecular formula is C22H19N3O3. The first kappa shape index (κ1) is 18.8. The van der Waals surface area contributed by atoms with E-state index in [0.29, 0.717) is 22.7 Å². The quantitative estimate of drug-likeness (QED) is 0.620. The Morgan fingerprint density at radius 1 is 0.929 bits per heavy atom. The highest BCUT2D eigenvalue weighted by Gasteiger charge is 2.05. The fourth-order valence-electron chi connectivity index (χ4n) is 2.44. The van der Waals surface area contributed by atoms with Crippen LogP contribution in [-0.2, 0) is 4.79 Å². The van der Waals surface area contributed by atoms with Crippen LogP contribution in [0.5, 0.6) is 5.75 Å². The van der Waals surface area contributed by atoms with Crippen molar-refractivity contribution < 1.29 is 14.3 Å². The summed E-state index contributed by atoms with van der Waals surface area (Å²) < 4.78 is 5.38. The number of rotatable bonds is 7. The molecule has 6 heteroatoms. The minimum absolute atomic E-state index is 0.169. The maximum Gasteiger partial charge on any atom is 0.255 e. The van der Waals surface area contributed by atoms with Gasteiger partial charge in [0, 0.05) is 23.0 Å². The van der Waals surface area contributed by atoms with Crippen LogP contribution >= 0.6 is 0 Å². The minimum Gasteiger partial charge on any atom is -0.483 e. The highest BCUT2D eigenvalue weighted by molar-refractivity contribution is 6.04. The molecule has 0 radical (unpaired) electrons. The molecule has 0 unspecified atom stereocenters. The number of carbonyl (C=O) groups excluding carboxylic acids is 2. The van der Waals surface area contributed by atoms with Gasteiger partial charge in [0.25, 0.3) is 11.8 Å². The number of hydrogen-bond donors (Lipinski definition) is 2. The van der Waals surface area contributed by atoms with Crippen LogP contribution < -0.4 is 15.8 Å². The van der Waals surface area contributed by atoms with Gasteiger partial charge in [-0.15, -0.1) is 0 Å². The summed E-state index contributed by atoms with van der Waals surface area (Å²) in [5.41, 5.74) is 7.82. The van der Waals surface area contributed by atoms with E-state index in [1.807, 2.05) is 30.3 Å². The van der Waals surface area contributed by atoms with Gasteiger partial charge in [0.05, 0.1) is 5.69 Å². The number of aliphatic imine (C=N–C) groups is 1. The molecule has 28 heavy (non-hydrogen) atoms. The summed E-state index contributed by atoms with van der Waals surface area (Å²) in [7, 11) is 0. The number of carbonyl (C=O) groups is 2. The first-order valence-electron chi connectivity index (χ1n) is 8.62. The smallest absolute Gasteiger partial charge is 0.255 e. The van der Waals surface area contributed by atoms with Crippen molar-refractivity contribution in [3.05, 3.63) is 90.0 Å². The molecule has 0 fully saturated rings. The zero-order chi connectivity index (χ0) is 19.8. The number of primary amides is 1. The van der Waals surface area contributed by atoms with Crippen molar-refractivity contribution in [1.29, 1.82) is 0 Å². The van der Waals surface area contributed by atoms with E-state index < -0.39 is 5.91 Å². The average molecular weight is 373 g/mol. The van der Waals surface area contributed by atoms with Gasteiger partial charge >= 0.3 is 0 Å². The molecule has 0 aliphatic heterocycles. The zero-order valence-electron chi connectivity index (χ0n) is 15.0. The molecule has 0 bridgehead atoms. The largest absolute Gasteiger partial charge is 0.483 e. The SMILES string of the molecule is NC(=O)COc1ccccc1C=Nc1ccc(NC(=O)c2ccccc2)cc1. The lowest BCUT2D eigenvalue weighted by atomic mass is 10.2. The van der Waals surface area contributed by atoms with Gasteiger partial charge in [0.2, 0.25) is 0 Å². The van der Waals surface area contributed by atoms with Crippen molar-refractivity contribution in [1.82, 2.24) is 0 Å². The lowest BCUT2D eigenvalue weighted by molar-refractivity contribution is -0.119. The molecule has 3 aromatic rings. The second-order valence-corrected chi connectivity index (χ2v) is 5.92. The highest BCUT2D eigenvalue weighted by Crippen LogP contribution is 2.20. The summed E-state index contributed by atoms with van der Waals surface area (Å²) in [5.74, 6) is -0.186. The van der Waals surface area contributed by atoms with Gasteiger partial charge in [-0.05, 0) is 48.5 Å². The summed E-state index contributed by atoms with van der Waals surface area (Å²) in [6.45, 7) is -0.194. The Labute approximate surface area is 162 Å². The molecule has 3 rings (SSSR count). The van der Waals surface area contributed by atoms with Crippen LogP contribution in [0.15, 0.2) is 83.9 Å². The van der Waals surface area contributed by atoms with Gasteiger partial charge in [-0.3, -0.25) is 14.6 Å². The summed E-state index contributed by atoms with van der Waals surface area (Å²) in [4.78, 5) is 27.5. The maximum absolute atomic E-state index is 12.2. The molecule has 3 aromatic carbocycles. The third kappa shape index (κ3) is 5.28. The number of para-hydroxylation sites is 1. The zero-order valence-corrected chi connectivity index (χ0v) is 15.0. The Bertz CT molecular complexity index is 983. The van der Waals surface area contributed by atoms with Crippen molar-refractivity contribution in [2.75, 3.05) is 11.9 Å². The van der Waals surface area contributed by atoms with E-state index >= 15 is 0 Å². The molecule has 0 atom stereocenters. The predicted octanol–water partition coefficient (Wildman–Crippen LogP) is 3.55. The first-order chi connectivity index (χ1) is 13.6. The van der Waals surface area contributed by atoms with Gasteiger partial charge in [-0.25, -0.2) is 0 Å². The fourth-order valence-corrected chi connectivity index (χ4v) is 2.44. The van der Waals surface area contributed by atoms with E-state index in [0.717, 1.165) is 5.56 Å². The van der Waals surface area contributed by atoms with Gasteiger partial charge in [0.1, 0.15) is 5.75 Å². The van der Waals surface area contributed by atoms with Crippen molar-refractivity contribution in [3.63, 3.8) is 0 Å². The third-order valence-electron chi connectivity index (χ3n) is 3.80. The van der Waals surface area contributed by atoms with Gasteiger partial charge < -0.3 is 15.8 Å². The van der Waals surface area contributed by atoms with Gasteiger partial charge in [-0.1, -0.05) is 30.3 Å². The Kier molecular flexibility index (Phi) is 6.15. The minimum atomic E-state index is -0.542. The van der Waals surface area contributed by atoms with Crippen LogP contribution in [0.4, 0.5) is 11.4 Å². The molecule has 0 aliphatic rings. The van der Waals surface area contributed by atoms with Gasteiger partial charge in [-0.2, -0.15) is 0 Å². The maximum atomic E-state index is 12.2. The van der Waals surface area contributed by atoms with E-state index in [2.05, 4.69) is 10.3 Å². The fraction of sp³-hybridized carbons (Fsp3) is 0.0455. The van der Waals surface area contributed by atoms with Gasteiger partial charge in [0.15, 0.2) is 6.61 Å². The van der Waals surface area contributed by atoms with Crippen molar-refractivity contribution >= 4 is 29.4 Å². The number of hydrogen-bond acceptors (Lipinski definition) is 4. The molecule has 0 aromatic heterocycles. The van der Waals surface area contributed by atoms with E-state index in [9.17, 15) is 9.59 Å². The molecule has 0 aliphatic carbocycles. The summed E-state index contributed by atoms with van der Waals surface area (Å²) in [6, 6.07) is 23.4. The lowest BCUT2D eigenvalue weighted by Gasteiger charge is -2.07. The molecule has 0 heterocycles. The molecular weight excluding hydrogens is 354 g/mol. The summed E-state index contributed by atoms with van der Waals surface area (Å²) in [6.07, 6.45) is 1.65. The predicted molar refractivity (Wildman–Crippen MR) is 109 cm³/mol. The average Bonchev–Trinajstić information content (AvgIpc) is 2.73. The molecule has 6 nitrogen and oxygen atoms in total. The van der Waals surface area contributed by atoms with Crippen molar-refractivity contribution in [3.8, 4) is 5.75 Å². The van der Waals surface area contributed by atoms with E-state index in [1.165, 1.54) is 0 Å². The van der Waals surface area contributed by atoms with Crippen LogP contribution in [0.2, 0.25) is 0 Å². The Morgan fingerprint density at radius 2 is 1.61 bits per heavy atom. The molecule has 3 N–H and O–H groups in total. The van der Waals surface area contributed by atoms with E-state index in [1.54, 1.807) is 54.7 Å². The number of nitrogens with one attached hydrogen (secondary N) is 1. The Balaban J connectivity index is 1.66. The monoisotopic (exact) mass is 373 g/mol. The first-order valence-corrected chi connectivity index (χ1v) is 8.62. The topological polar surface area (TPSA) is 93.8 Å². The van der Waals surface area contributed by atoms with Crippen LogP contribution in [0, 0.1) is 0 Å². The summed E-state index contributed by atoms with van der Waals surface area (Å²) >= 11 is 0. The molecule has 140 valence electrons. The number of anilines is 1. The number of nitrogens with zero attached hydrogens (tertiary/aromatic N) is 1. The molecule has 0 spiro atoms. The molecule has 2 amide bonds. The normalized spacial score (nSPS) is 10.6. The van der Waals surface area contributed by atoms with E-state index in [-0.39, 0.29) is 12.5 Å². The van der Waals surface area contributed by atoms with Crippen LogP contribution in [0.25, 0.3) is 0 Å². The Hall–Kier alpha value is -3.93. The van der Waals surface area contributed by atoms with Crippen LogP contribution in [0.1, 0.15) is 15.9 Å². The van der Waals surface area contributed by atoms with Crippen LogP contribution in [0.3, 0.4) is 0 Å². The Morgan fingerprint density at radius 3 is 2.32 bits per heavy atom. The number of amides is 2. The number of benzene rings is 3. The summed E-state index contributed by atoms with van der Waals surface area (Å²) in [5, 5.41) is 2.84. The second-order valence-electron chi connectivity index (χ2n) is 5.92. The molecule has 0 saturated carbocycles. The third-order valence-corrected chi connectivity index (χ3v) is 3.80. The number of ether oxygens (including phenoxy) is 1. The lowest BCUT2D eigenvalue weighted by Crippen LogP contribution is -2.20. The standard InChI is InChI=1S/C22H19N3O3/c23-21(26)15-28-20-9-5-4-8-17(20)14-24-18-10-12-19(13-11-18)25-22(27)16-6-2-1-3-7-16/h1-14H,15H2,(H2,23,26)(H,25,27). The van der Waals surface area contributed by atoms with E-state index in [4.69, 9.17) is 10.5 Å². The van der Waals surface area contributed by atoms with Crippen molar-refractivity contribution in [2.45, 2.75) is 0 Å². The van der Waals surface area contributed by atoms with Crippen LogP contribution in [-0.4, -0.2) is 24.6 Å². The molecule has 0 saturated heterocycles. The second kappa shape index (κ2) is 9.14. The highest BCUT2D eigenvalue weighted by atomic mass is 16.5. The number of nitrogens with two attached hydrogens (primary N) is 1. The van der Waals surface area contributed by atoms with Crippen molar-refractivity contribution in [2.24, 2.45) is 10.7 Å².